The van der Waals surface area contributed by atoms with Crippen LogP contribution in [0.3, 0.4) is 0 Å². The summed E-state index contributed by atoms with van der Waals surface area (Å²) in [5.41, 5.74) is 0.389. The van der Waals surface area contributed by atoms with Gasteiger partial charge in [-0.05, 0) is 39.7 Å². The molecule has 0 aromatic rings. The van der Waals surface area contributed by atoms with Crippen molar-refractivity contribution < 1.29 is 19.4 Å². The van der Waals surface area contributed by atoms with Gasteiger partial charge in [-0.2, -0.15) is 0 Å². The second-order valence-corrected chi connectivity index (χ2v) is 6.34. The summed E-state index contributed by atoms with van der Waals surface area (Å²) in [5.74, 6) is -0.705. The Morgan fingerprint density at radius 2 is 2.16 bits per heavy atom. The van der Waals surface area contributed by atoms with Crippen LogP contribution in [0.25, 0.3) is 0 Å². The highest BCUT2D eigenvalue weighted by Gasteiger charge is 2.52. The van der Waals surface area contributed by atoms with Gasteiger partial charge in [-0.3, -0.25) is 4.79 Å². The molecule has 0 unspecified atom stereocenters. The molecule has 0 radical (unpaired) electrons. The molecule has 1 N–H and O–H groups in total. The zero-order valence-electron chi connectivity index (χ0n) is 11.8. The van der Waals surface area contributed by atoms with Crippen LogP contribution >= 0.6 is 0 Å². The second-order valence-electron chi connectivity index (χ2n) is 6.34. The van der Waals surface area contributed by atoms with Crippen LogP contribution in [-0.4, -0.2) is 46.2 Å². The topological polar surface area (TPSA) is 66.8 Å². The van der Waals surface area contributed by atoms with Crippen molar-refractivity contribution in [3.05, 3.63) is 11.6 Å². The second kappa shape index (κ2) is 4.63. The molecule has 2 heterocycles. The highest BCUT2D eigenvalue weighted by atomic mass is 16.6. The number of esters is 1. The van der Waals surface area contributed by atoms with Gasteiger partial charge in [-0.25, -0.2) is 4.79 Å². The minimum atomic E-state index is -0.630. The van der Waals surface area contributed by atoms with E-state index in [-0.39, 0.29) is 23.8 Å². The lowest BCUT2D eigenvalue weighted by Gasteiger charge is -2.43. The third-order valence-electron chi connectivity index (χ3n) is 3.48. The van der Waals surface area contributed by atoms with Gasteiger partial charge in [0.05, 0.1) is 12.0 Å². The fraction of sp³-hybridized carbons (Fsp3) is 0.714. The normalized spacial score (nSPS) is 30.1. The van der Waals surface area contributed by atoms with Crippen molar-refractivity contribution in [2.24, 2.45) is 5.92 Å². The van der Waals surface area contributed by atoms with Gasteiger partial charge in [0.2, 0.25) is 5.91 Å². The molecule has 0 aromatic heterocycles. The average molecular weight is 267 g/mol. The van der Waals surface area contributed by atoms with Gasteiger partial charge < -0.3 is 14.7 Å². The summed E-state index contributed by atoms with van der Waals surface area (Å²) in [4.78, 5) is 25.2. The van der Waals surface area contributed by atoms with Crippen LogP contribution in [0.15, 0.2) is 11.6 Å². The number of carbonyl (C=O) groups is 2. The summed E-state index contributed by atoms with van der Waals surface area (Å²) in [6, 6.07) is 0.0428. The first-order valence-electron chi connectivity index (χ1n) is 6.60. The van der Waals surface area contributed by atoms with Gasteiger partial charge >= 0.3 is 5.97 Å². The molecular formula is C14H21NO4. The first-order valence-corrected chi connectivity index (χ1v) is 6.60. The maximum atomic E-state index is 11.8. The quantitative estimate of drug-likeness (QED) is 0.458. The number of hydrogen-bond donors (Lipinski definition) is 1. The van der Waals surface area contributed by atoms with Gasteiger partial charge in [-0.15, -0.1) is 0 Å². The third kappa shape index (κ3) is 2.81. The molecule has 2 fully saturated rings. The van der Waals surface area contributed by atoms with Gasteiger partial charge in [0.1, 0.15) is 5.60 Å². The van der Waals surface area contributed by atoms with Crippen LogP contribution in [-0.2, 0) is 14.3 Å². The predicted octanol–water partition coefficient (Wildman–Crippen LogP) is 0.866. The van der Waals surface area contributed by atoms with E-state index in [2.05, 4.69) is 0 Å². The van der Waals surface area contributed by atoms with E-state index in [0.29, 0.717) is 13.0 Å². The number of fused-ring (bicyclic) bond motifs is 1. The maximum Gasteiger partial charge on any atom is 0.331 e. The number of amides is 1. The van der Waals surface area contributed by atoms with Crippen molar-refractivity contribution in [2.75, 3.05) is 6.54 Å². The van der Waals surface area contributed by atoms with E-state index < -0.39 is 11.7 Å². The molecule has 5 nitrogen and oxygen atoms in total. The molecule has 0 saturated carbocycles. The lowest BCUT2D eigenvalue weighted by atomic mass is 9.84. The Kier molecular flexibility index (Phi) is 3.43. The SMILES string of the molecule is C[C@@H](O)[C@H]1C(=O)N2C/C(=C/C(=O)OC(C)(C)C)C[C@H]12. The van der Waals surface area contributed by atoms with Crippen molar-refractivity contribution in [1.29, 1.82) is 0 Å². The van der Waals surface area contributed by atoms with E-state index in [1.807, 2.05) is 20.8 Å². The molecule has 106 valence electrons. The van der Waals surface area contributed by atoms with Crippen LogP contribution in [0.4, 0.5) is 0 Å². The van der Waals surface area contributed by atoms with Crippen molar-refractivity contribution in [3.8, 4) is 0 Å². The fourth-order valence-electron chi connectivity index (χ4n) is 2.75. The van der Waals surface area contributed by atoms with E-state index in [0.717, 1.165) is 5.57 Å². The molecule has 5 heteroatoms. The Bertz CT molecular complexity index is 433. The first kappa shape index (κ1) is 14.1. The van der Waals surface area contributed by atoms with Crippen LogP contribution in [0.5, 0.6) is 0 Å². The number of aliphatic hydroxyl groups is 1. The van der Waals surface area contributed by atoms with Gasteiger partial charge in [0.15, 0.2) is 0 Å². The minimum Gasteiger partial charge on any atom is -0.457 e. The van der Waals surface area contributed by atoms with Crippen molar-refractivity contribution in [3.63, 3.8) is 0 Å². The molecule has 19 heavy (non-hydrogen) atoms. The molecule has 1 amide bonds. The molecule has 0 spiro atoms. The van der Waals surface area contributed by atoms with E-state index in [4.69, 9.17) is 4.74 Å². The van der Waals surface area contributed by atoms with Crippen molar-refractivity contribution in [1.82, 2.24) is 4.90 Å². The Hall–Kier alpha value is -1.36. The minimum absolute atomic E-state index is 0.0208. The number of nitrogens with zero attached hydrogens (tertiary/aromatic N) is 1. The Morgan fingerprint density at radius 3 is 2.68 bits per heavy atom. The summed E-state index contributed by atoms with van der Waals surface area (Å²) < 4.78 is 5.22. The smallest absolute Gasteiger partial charge is 0.331 e. The lowest BCUT2D eigenvalue weighted by molar-refractivity contribution is -0.159. The molecule has 0 aromatic carbocycles. The molecular weight excluding hydrogens is 246 g/mol. The number of rotatable bonds is 2. The molecule has 2 rings (SSSR count). The Morgan fingerprint density at radius 1 is 1.53 bits per heavy atom. The zero-order chi connectivity index (χ0) is 14.4. The van der Waals surface area contributed by atoms with Gasteiger partial charge in [0, 0.05) is 18.7 Å². The van der Waals surface area contributed by atoms with Crippen LogP contribution in [0.2, 0.25) is 0 Å². The van der Waals surface area contributed by atoms with Gasteiger partial charge in [0.25, 0.3) is 0 Å². The summed E-state index contributed by atoms with van der Waals surface area (Å²) in [5, 5.41) is 9.55. The largest absolute Gasteiger partial charge is 0.457 e. The first-order chi connectivity index (χ1) is 8.69. The molecule has 2 saturated heterocycles. The Labute approximate surface area is 113 Å². The zero-order valence-corrected chi connectivity index (χ0v) is 11.8. The highest BCUT2D eigenvalue weighted by Crippen LogP contribution is 2.39. The Balaban J connectivity index is 1.99. The van der Waals surface area contributed by atoms with Crippen molar-refractivity contribution >= 4 is 11.9 Å². The number of hydrogen-bond acceptors (Lipinski definition) is 4. The summed E-state index contributed by atoms with van der Waals surface area (Å²) in [6.45, 7) is 7.57. The van der Waals surface area contributed by atoms with Crippen LogP contribution in [0.1, 0.15) is 34.1 Å². The summed E-state index contributed by atoms with van der Waals surface area (Å²) in [7, 11) is 0. The van der Waals surface area contributed by atoms with Crippen LogP contribution in [0, 0.1) is 5.92 Å². The monoisotopic (exact) mass is 267 g/mol. The maximum absolute atomic E-state index is 11.8. The van der Waals surface area contributed by atoms with Crippen molar-refractivity contribution in [2.45, 2.75) is 51.9 Å². The molecule has 2 aliphatic heterocycles. The van der Waals surface area contributed by atoms with E-state index in [9.17, 15) is 14.7 Å². The number of carbonyl (C=O) groups excluding carboxylic acids is 2. The highest BCUT2D eigenvalue weighted by molar-refractivity contribution is 5.89. The third-order valence-corrected chi connectivity index (χ3v) is 3.48. The van der Waals surface area contributed by atoms with E-state index in [1.54, 1.807) is 11.8 Å². The van der Waals surface area contributed by atoms with Crippen LogP contribution < -0.4 is 0 Å². The molecule has 0 bridgehead atoms. The number of ether oxygens (including phenoxy) is 1. The molecule has 0 aliphatic carbocycles. The van der Waals surface area contributed by atoms with Gasteiger partial charge in [-0.1, -0.05) is 0 Å². The number of β-lactam (4-membered cyclic amide) rings is 1. The summed E-state index contributed by atoms with van der Waals surface area (Å²) in [6.07, 6.45) is 1.51. The standard InChI is InChI=1S/C14H21NO4/c1-8(16)12-10-5-9(7-15(10)13(12)18)6-11(17)19-14(2,3)4/h6,8,10,12,16H,5,7H2,1-4H3/b9-6+/t8-,10-,12-/m1/s1. The summed E-state index contributed by atoms with van der Waals surface area (Å²) >= 11 is 0. The molecule has 2 aliphatic rings. The van der Waals surface area contributed by atoms with E-state index in [1.165, 1.54) is 6.08 Å². The molecule has 3 atom stereocenters. The van der Waals surface area contributed by atoms with E-state index >= 15 is 0 Å². The predicted molar refractivity (Wildman–Crippen MR) is 69.2 cm³/mol. The average Bonchev–Trinajstić information content (AvgIpc) is 2.53. The number of aliphatic hydroxyl groups excluding tert-OH is 1. The lowest BCUT2D eigenvalue weighted by Crippen LogP contribution is -2.60. The fourth-order valence-corrected chi connectivity index (χ4v) is 2.75.